The van der Waals surface area contributed by atoms with Gasteiger partial charge in [-0.25, -0.2) is 0 Å². The number of alkyl halides is 3. The second-order valence-electron chi connectivity index (χ2n) is 7.73. The number of hydrogen-bond acceptors (Lipinski definition) is 5. The number of nitrogens with two attached hydrogens (primary N) is 1. The molecule has 0 radical (unpaired) electrons. The maximum absolute atomic E-state index is 12.7. The highest BCUT2D eigenvalue weighted by atomic mass is 19.4. The highest BCUT2D eigenvalue weighted by Gasteiger charge is 2.29. The summed E-state index contributed by atoms with van der Waals surface area (Å²) < 4.78 is 42.9. The summed E-state index contributed by atoms with van der Waals surface area (Å²) in [6.45, 7) is 1.52. The number of pyridine rings is 1. The molecule has 1 aromatic carbocycles. The Hall–Kier alpha value is -2.98. The maximum atomic E-state index is 12.7. The molecule has 0 aliphatic carbocycles. The van der Waals surface area contributed by atoms with E-state index in [2.05, 4.69) is 10.3 Å². The summed E-state index contributed by atoms with van der Waals surface area (Å²) in [4.78, 5) is 30.3. The van der Waals surface area contributed by atoms with Crippen LogP contribution in [0.4, 0.5) is 18.9 Å². The molecule has 0 fully saturated rings. The lowest BCUT2D eigenvalue weighted by Gasteiger charge is -2.34. The van der Waals surface area contributed by atoms with Crippen LogP contribution in [-0.4, -0.2) is 54.2 Å². The van der Waals surface area contributed by atoms with Crippen LogP contribution in [0.25, 0.3) is 0 Å². The number of carbonyl (C=O) groups excluding carboxylic acids is 2. The van der Waals surface area contributed by atoms with Gasteiger partial charge in [0, 0.05) is 38.6 Å². The van der Waals surface area contributed by atoms with Gasteiger partial charge in [-0.05, 0) is 47.7 Å². The van der Waals surface area contributed by atoms with Crippen molar-refractivity contribution in [1.29, 1.82) is 0 Å². The molecule has 1 aliphatic rings. The topological polar surface area (TPSA) is 97.5 Å². The number of hydrogen-bond donors (Lipinski definition) is 2. The fraction of sp³-hybridized carbons (Fsp3) is 0.409. The maximum Gasteiger partial charge on any atom is 0.393 e. The number of anilines is 1. The van der Waals surface area contributed by atoms with Crippen molar-refractivity contribution in [3.63, 3.8) is 0 Å². The first kappa shape index (κ1) is 23.7. The Kier molecular flexibility index (Phi) is 7.47. The van der Waals surface area contributed by atoms with Gasteiger partial charge in [0.2, 0.25) is 5.91 Å². The Bertz CT molecular complexity index is 981. The Morgan fingerprint density at radius 1 is 1.25 bits per heavy atom. The summed E-state index contributed by atoms with van der Waals surface area (Å²) in [5.74, 6) is -0.882. The standard InChI is InChI=1S/C22H25F3N4O3/c1-32-7-5-19(20(26)30)29-6-4-15-2-3-16(9-17(15)13-29)21(31)28-18-8-14(11-27-12-18)10-22(23,24)25/h2-3,8-9,11-12,19H,4-7,10,13H2,1H3,(H2,26,30)(H,28,31). The third kappa shape index (κ3) is 6.27. The molecule has 1 unspecified atom stereocenters. The predicted octanol–water partition coefficient (Wildman–Crippen LogP) is 2.69. The van der Waals surface area contributed by atoms with E-state index in [1.54, 1.807) is 19.2 Å². The smallest absolute Gasteiger partial charge is 0.385 e. The highest BCUT2D eigenvalue weighted by molar-refractivity contribution is 6.04. The van der Waals surface area contributed by atoms with Gasteiger partial charge in [-0.2, -0.15) is 13.2 Å². The van der Waals surface area contributed by atoms with Gasteiger partial charge in [-0.15, -0.1) is 0 Å². The van der Waals surface area contributed by atoms with Crippen LogP contribution in [0.1, 0.15) is 33.5 Å². The van der Waals surface area contributed by atoms with Crippen LogP contribution in [0.15, 0.2) is 36.7 Å². The van der Waals surface area contributed by atoms with Crippen molar-refractivity contribution in [2.24, 2.45) is 5.73 Å². The summed E-state index contributed by atoms with van der Waals surface area (Å²) >= 11 is 0. The summed E-state index contributed by atoms with van der Waals surface area (Å²) in [7, 11) is 1.56. The molecule has 0 saturated heterocycles. The fourth-order valence-corrected chi connectivity index (χ4v) is 3.81. The van der Waals surface area contributed by atoms with Crippen LogP contribution >= 0.6 is 0 Å². The average molecular weight is 450 g/mol. The number of amides is 2. The molecule has 172 valence electrons. The average Bonchev–Trinajstić information content (AvgIpc) is 2.72. The Labute approximate surface area is 183 Å². The summed E-state index contributed by atoms with van der Waals surface area (Å²) in [6, 6.07) is 6.05. The normalized spacial score (nSPS) is 15.1. The number of benzene rings is 1. The number of methoxy groups -OCH3 is 1. The number of primary amides is 1. The summed E-state index contributed by atoms with van der Waals surface area (Å²) in [6.07, 6.45) is -1.89. The van der Waals surface area contributed by atoms with E-state index in [1.165, 1.54) is 12.3 Å². The van der Waals surface area contributed by atoms with Crippen LogP contribution in [0.5, 0.6) is 0 Å². The van der Waals surface area contributed by atoms with Gasteiger partial charge in [-0.1, -0.05) is 6.07 Å². The fourth-order valence-electron chi connectivity index (χ4n) is 3.81. The van der Waals surface area contributed by atoms with Crippen LogP contribution in [0, 0.1) is 0 Å². The first-order valence-corrected chi connectivity index (χ1v) is 10.1. The number of halogens is 3. The molecule has 10 heteroatoms. The number of fused-ring (bicyclic) bond motifs is 1. The van der Waals surface area contributed by atoms with Crippen molar-refractivity contribution < 1.29 is 27.5 Å². The van der Waals surface area contributed by atoms with Gasteiger partial charge in [0.15, 0.2) is 0 Å². The number of ether oxygens (including phenoxy) is 1. The lowest BCUT2D eigenvalue weighted by atomic mass is 9.95. The van der Waals surface area contributed by atoms with E-state index in [0.717, 1.165) is 17.3 Å². The lowest BCUT2D eigenvalue weighted by molar-refractivity contribution is -0.127. The molecule has 0 spiro atoms. The van der Waals surface area contributed by atoms with E-state index in [9.17, 15) is 22.8 Å². The molecule has 32 heavy (non-hydrogen) atoms. The molecule has 2 heterocycles. The summed E-state index contributed by atoms with van der Waals surface area (Å²) in [5.41, 5.74) is 8.04. The minimum absolute atomic E-state index is 0.0371. The van der Waals surface area contributed by atoms with E-state index in [4.69, 9.17) is 10.5 Å². The van der Waals surface area contributed by atoms with Crippen molar-refractivity contribution in [2.45, 2.75) is 38.0 Å². The first-order chi connectivity index (χ1) is 15.2. The molecule has 7 nitrogen and oxygen atoms in total. The molecule has 0 bridgehead atoms. The van der Waals surface area contributed by atoms with Gasteiger partial charge in [0.25, 0.3) is 5.91 Å². The molecule has 2 aromatic rings. The molecular formula is C22H25F3N4O3. The van der Waals surface area contributed by atoms with Crippen LogP contribution in [0.3, 0.4) is 0 Å². The molecule has 1 atom stereocenters. The molecule has 1 aliphatic heterocycles. The number of aromatic nitrogens is 1. The second-order valence-corrected chi connectivity index (χ2v) is 7.73. The van der Waals surface area contributed by atoms with E-state index >= 15 is 0 Å². The molecule has 1 aromatic heterocycles. The molecule has 0 saturated carbocycles. The summed E-state index contributed by atoms with van der Waals surface area (Å²) in [5, 5.41) is 2.60. The quantitative estimate of drug-likeness (QED) is 0.645. The van der Waals surface area contributed by atoms with Crippen LogP contribution < -0.4 is 11.1 Å². The van der Waals surface area contributed by atoms with Gasteiger partial charge in [0.1, 0.15) is 0 Å². The zero-order valence-corrected chi connectivity index (χ0v) is 17.6. The van der Waals surface area contributed by atoms with Crippen molar-refractivity contribution in [1.82, 2.24) is 9.88 Å². The highest BCUT2D eigenvalue weighted by Crippen LogP contribution is 2.25. The number of carbonyl (C=O) groups is 2. The third-order valence-electron chi connectivity index (χ3n) is 5.33. The zero-order chi connectivity index (χ0) is 23.3. The second kappa shape index (κ2) is 10.1. The van der Waals surface area contributed by atoms with E-state index in [-0.39, 0.29) is 11.3 Å². The third-order valence-corrected chi connectivity index (χ3v) is 5.33. The van der Waals surface area contributed by atoms with E-state index < -0.39 is 30.5 Å². The Morgan fingerprint density at radius 2 is 2.03 bits per heavy atom. The van der Waals surface area contributed by atoms with E-state index in [1.807, 2.05) is 11.0 Å². The largest absolute Gasteiger partial charge is 0.393 e. The van der Waals surface area contributed by atoms with Crippen molar-refractivity contribution in [3.05, 3.63) is 58.9 Å². The minimum Gasteiger partial charge on any atom is -0.385 e. The predicted molar refractivity (Wildman–Crippen MR) is 112 cm³/mol. The van der Waals surface area contributed by atoms with E-state index in [0.29, 0.717) is 38.1 Å². The minimum atomic E-state index is -4.36. The first-order valence-electron chi connectivity index (χ1n) is 10.1. The monoisotopic (exact) mass is 450 g/mol. The van der Waals surface area contributed by atoms with Crippen LogP contribution in [0.2, 0.25) is 0 Å². The van der Waals surface area contributed by atoms with Crippen molar-refractivity contribution in [2.75, 3.05) is 25.6 Å². The van der Waals surface area contributed by atoms with Gasteiger partial charge < -0.3 is 15.8 Å². The van der Waals surface area contributed by atoms with Gasteiger partial charge >= 0.3 is 6.18 Å². The molecule has 3 rings (SSSR count). The molecular weight excluding hydrogens is 425 g/mol. The Balaban J connectivity index is 1.73. The van der Waals surface area contributed by atoms with Crippen LogP contribution in [-0.2, 0) is 28.9 Å². The number of rotatable bonds is 8. The van der Waals surface area contributed by atoms with Gasteiger partial charge in [-0.3, -0.25) is 19.5 Å². The molecule has 2 amide bonds. The van der Waals surface area contributed by atoms with Crippen molar-refractivity contribution in [3.8, 4) is 0 Å². The van der Waals surface area contributed by atoms with Crippen molar-refractivity contribution >= 4 is 17.5 Å². The lowest BCUT2D eigenvalue weighted by Crippen LogP contribution is -2.47. The zero-order valence-electron chi connectivity index (χ0n) is 17.6. The molecule has 3 N–H and O–H groups in total. The number of nitrogens with zero attached hydrogens (tertiary/aromatic N) is 2. The SMILES string of the molecule is COCCC(C(N)=O)N1CCc2ccc(C(=O)Nc3cncc(CC(F)(F)F)c3)cc2C1. The Morgan fingerprint density at radius 3 is 2.72 bits per heavy atom. The number of nitrogens with one attached hydrogen (secondary N) is 1. The van der Waals surface area contributed by atoms with Gasteiger partial charge in [0.05, 0.1) is 24.3 Å².